The SMILES string of the molecule is Fc1cccc(-c2ccc(-n3c4ccccc4c4cc(-c5cc(C(F)(F)F)cc(C(F)(F)F)c5)ccc43)c(-c3nc(-c4ccccc4)nc(-c4ccccc4)n3)c2)c1F. The van der Waals surface area contributed by atoms with Gasteiger partial charge >= 0.3 is 12.4 Å². The zero-order valence-corrected chi connectivity index (χ0v) is 30.3. The zero-order chi connectivity index (χ0) is 41.1. The van der Waals surface area contributed by atoms with Crippen LogP contribution < -0.4 is 0 Å². The van der Waals surface area contributed by atoms with Crippen molar-refractivity contribution >= 4 is 21.8 Å². The zero-order valence-electron chi connectivity index (χ0n) is 30.3. The molecule has 0 aliphatic heterocycles. The molecule has 0 aliphatic rings. The summed E-state index contributed by atoms with van der Waals surface area (Å²) < 4.78 is 115. The Labute approximate surface area is 330 Å². The van der Waals surface area contributed by atoms with E-state index in [9.17, 15) is 30.7 Å². The second-order valence-electron chi connectivity index (χ2n) is 13.8. The molecule has 12 heteroatoms. The minimum atomic E-state index is -5.02. The second-order valence-corrected chi connectivity index (χ2v) is 13.8. The average Bonchev–Trinajstić information content (AvgIpc) is 3.57. The molecule has 9 aromatic rings. The highest BCUT2D eigenvalue weighted by molar-refractivity contribution is 6.11. The summed E-state index contributed by atoms with van der Waals surface area (Å²) in [6, 6.07) is 40.7. The summed E-state index contributed by atoms with van der Waals surface area (Å²) in [7, 11) is 0. The van der Waals surface area contributed by atoms with Gasteiger partial charge in [-0.2, -0.15) is 26.3 Å². The molecule has 0 aliphatic carbocycles. The number of para-hydroxylation sites is 1. The number of hydrogen-bond acceptors (Lipinski definition) is 3. The molecule has 0 saturated heterocycles. The first-order valence-electron chi connectivity index (χ1n) is 18.1. The van der Waals surface area contributed by atoms with E-state index in [4.69, 9.17) is 15.0 Å². The third kappa shape index (κ3) is 6.96. The quantitative estimate of drug-likeness (QED) is 0.157. The van der Waals surface area contributed by atoms with Gasteiger partial charge in [0.15, 0.2) is 29.1 Å². The van der Waals surface area contributed by atoms with Crippen LogP contribution in [0.25, 0.3) is 83.9 Å². The number of halogens is 8. The van der Waals surface area contributed by atoms with Crippen molar-refractivity contribution in [3.8, 4) is 62.1 Å². The van der Waals surface area contributed by atoms with Crippen molar-refractivity contribution in [3.05, 3.63) is 180 Å². The van der Waals surface area contributed by atoms with Crippen molar-refractivity contribution in [2.45, 2.75) is 12.4 Å². The molecule has 290 valence electrons. The standard InChI is InChI=1S/C47H26F8N4/c48-38-16-9-15-34(42(38)49)30-19-21-41(37(25-30)45-57-43(27-10-3-1-4-11-27)56-44(58-45)28-12-5-2-6-13-28)59-39-17-8-7-14-35(39)36-24-29(18-20-40(36)59)31-22-32(46(50,51)52)26-33(23-31)47(53,54)55/h1-26H. The lowest BCUT2D eigenvalue weighted by atomic mass is 9.97. The predicted octanol–water partition coefficient (Wildman–Crippen LogP) is 13.6. The van der Waals surface area contributed by atoms with Crippen LogP contribution in [0.4, 0.5) is 35.1 Å². The Morgan fingerprint density at radius 2 is 0.949 bits per heavy atom. The number of fused-ring (bicyclic) bond motifs is 3. The molecule has 59 heavy (non-hydrogen) atoms. The van der Waals surface area contributed by atoms with E-state index in [0.717, 1.165) is 6.07 Å². The van der Waals surface area contributed by atoms with Crippen LogP contribution in [-0.2, 0) is 12.4 Å². The molecule has 7 aromatic carbocycles. The van der Waals surface area contributed by atoms with Gasteiger partial charge in [0.1, 0.15) is 0 Å². The van der Waals surface area contributed by atoms with Gasteiger partial charge in [0.25, 0.3) is 0 Å². The van der Waals surface area contributed by atoms with Gasteiger partial charge in [-0.25, -0.2) is 23.7 Å². The van der Waals surface area contributed by atoms with Crippen LogP contribution >= 0.6 is 0 Å². The third-order valence-corrected chi connectivity index (χ3v) is 10.0. The Morgan fingerprint density at radius 3 is 1.58 bits per heavy atom. The second kappa shape index (κ2) is 14.3. The van der Waals surface area contributed by atoms with Gasteiger partial charge in [-0.3, -0.25) is 0 Å². The predicted molar refractivity (Wildman–Crippen MR) is 211 cm³/mol. The van der Waals surface area contributed by atoms with Gasteiger partial charge < -0.3 is 4.57 Å². The number of alkyl halides is 6. The van der Waals surface area contributed by atoms with E-state index >= 15 is 4.39 Å². The molecular formula is C47H26F8N4. The van der Waals surface area contributed by atoms with Crippen LogP contribution in [-0.4, -0.2) is 19.5 Å². The minimum Gasteiger partial charge on any atom is -0.309 e. The lowest BCUT2D eigenvalue weighted by Crippen LogP contribution is -2.11. The van der Waals surface area contributed by atoms with Crippen molar-refractivity contribution < 1.29 is 35.1 Å². The first-order chi connectivity index (χ1) is 28.3. The Hall–Kier alpha value is -7.21. The molecule has 0 N–H and O–H groups in total. The van der Waals surface area contributed by atoms with Crippen LogP contribution in [0.3, 0.4) is 0 Å². The number of nitrogens with zero attached hydrogens (tertiary/aromatic N) is 4. The topological polar surface area (TPSA) is 43.6 Å². The summed E-state index contributed by atoms with van der Waals surface area (Å²) in [5.41, 5.74) is 0.765. The molecule has 0 saturated carbocycles. The van der Waals surface area contributed by atoms with Crippen LogP contribution in [0, 0.1) is 11.6 Å². The first-order valence-corrected chi connectivity index (χ1v) is 18.1. The molecule has 2 aromatic heterocycles. The summed E-state index contributed by atoms with van der Waals surface area (Å²) in [5.74, 6) is -1.21. The highest BCUT2D eigenvalue weighted by atomic mass is 19.4. The Balaban J connectivity index is 1.32. The van der Waals surface area contributed by atoms with Gasteiger partial charge in [0.05, 0.1) is 27.8 Å². The molecule has 0 bridgehead atoms. The van der Waals surface area contributed by atoms with Crippen molar-refractivity contribution in [2.75, 3.05) is 0 Å². The summed E-state index contributed by atoms with van der Waals surface area (Å²) >= 11 is 0. The average molecular weight is 799 g/mol. The number of hydrogen-bond donors (Lipinski definition) is 0. The van der Waals surface area contributed by atoms with E-state index in [1.165, 1.54) is 18.2 Å². The Bertz CT molecular complexity index is 2960. The van der Waals surface area contributed by atoms with Crippen LogP contribution in [0.2, 0.25) is 0 Å². The molecule has 0 amide bonds. The van der Waals surface area contributed by atoms with E-state index in [-0.39, 0.29) is 28.6 Å². The van der Waals surface area contributed by atoms with Crippen molar-refractivity contribution in [1.29, 1.82) is 0 Å². The molecule has 4 nitrogen and oxygen atoms in total. The largest absolute Gasteiger partial charge is 0.416 e. The highest BCUT2D eigenvalue weighted by Crippen LogP contribution is 2.42. The Kier molecular flexibility index (Phi) is 9.07. The monoisotopic (exact) mass is 798 g/mol. The fourth-order valence-electron chi connectivity index (χ4n) is 7.27. The van der Waals surface area contributed by atoms with Gasteiger partial charge in [0.2, 0.25) is 0 Å². The van der Waals surface area contributed by atoms with E-state index in [2.05, 4.69) is 0 Å². The molecule has 0 radical (unpaired) electrons. The highest BCUT2D eigenvalue weighted by Gasteiger charge is 2.37. The summed E-state index contributed by atoms with van der Waals surface area (Å²) in [5, 5.41) is 1.17. The van der Waals surface area contributed by atoms with E-state index in [0.29, 0.717) is 73.5 Å². The molecule has 0 spiro atoms. The number of rotatable bonds is 6. The van der Waals surface area contributed by atoms with Crippen LogP contribution in [0.5, 0.6) is 0 Å². The Morgan fingerprint density at radius 1 is 0.390 bits per heavy atom. The molecule has 0 unspecified atom stereocenters. The number of aromatic nitrogens is 4. The van der Waals surface area contributed by atoms with Crippen LogP contribution in [0.1, 0.15) is 11.1 Å². The first kappa shape index (κ1) is 37.4. The normalized spacial score (nSPS) is 12.1. The molecule has 0 fully saturated rings. The van der Waals surface area contributed by atoms with Crippen molar-refractivity contribution in [3.63, 3.8) is 0 Å². The summed E-state index contributed by atoms with van der Waals surface area (Å²) in [4.78, 5) is 14.7. The van der Waals surface area contributed by atoms with Gasteiger partial charge in [-0.1, -0.05) is 103 Å². The lowest BCUT2D eigenvalue weighted by molar-refractivity contribution is -0.143. The molecule has 9 rings (SSSR count). The summed E-state index contributed by atoms with van der Waals surface area (Å²) in [6.07, 6.45) is -10.0. The van der Waals surface area contributed by atoms with E-state index in [1.807, 2.05) is 71.3 Å². The fraction of sp³-hybridized carbons (Fsp3) is 0.0426. The fourth-order valence-corrected chi connectivity index (χ4v) is 7.27. The maximum atomic E-state index is 15.4. The third-order valence-electron chi connectivity index (χ3n) is 10.0. The van der Waals surface area contributed by atoms with E-state index in [1.54, 1.807) is 48.5 Å². The molecule has 0 atom stereocenters. The van der Waals surface area contributed by atoms with Crippen molar-refractivity contribution in [1.82, 2.24) is 19.5 Å². The maximum Gasteiger partial charge on any atom is 0.416 e. The maximum absolute atomic E-state index is 15.4. The van der Waals surface area contributed by atoms with E-state index < -0.39 is 35.1 Å². The van der Waals surface area contributed by atoms with Crippen LogP contribution in [0.15, 0.2) is 158 Å². The van der Waals surface area contributed by atoms with Crippen molar-refractivity contribution in [2.24, 2.45) is 0 Å². The van der Waals surface area contributed by atoms with Gasteiger partial charge in [-0.05, 0) is 71.3 Å². The molecular weight excluding hydrogens is 773 g/mol. The molecule has 2 heterocycles. The van der Waals surface area contributed by atoms with Gasteiger partial charge in [-0.15, -0.1) is 0 Å². The lowest BCUT2D eigenvalue weighted by Gasteiger charge is -2.17. The summed E-state index contributed by atoms with van der Waals surface area (Å²) in [6.45, 7) is 0. The smallest absolute Gasteiger partial charge is 0.309 e. The number of benzene rings is 7. The minimum absolute atomic E-state index is 0.00963. The van der Waals surface area contributed by atoms with Gasteiger partial charge in [0, 0.05) is 33.0 Å².